The van der Waals surface area contributed by atoms with E-state index in [0.717, 1.165) is 37.3 Å². The van der Waals surface area contributed by atoms with Gasteiger partial charge in [0, 0.05) is 30.8 Å². The SMILES string of the molecule is O=C(Nc1cc(C2CCNCC2)nn1-c1ccc(C2CC2)cc1)c1cnn2c1N=CCC=C2. The molecule has 2 aromatic heterocycles. The number of nitrogens with zero attached hydrogens (tertiary/aromatic N) is 5. The predicted molar refractivity (Wildman–Crippen MR) is 129 cm³/mol. The molecule has 168 valence electrons. The number of carbonyl (C=O) groups is 1. The predicted octanol–water partition coefficient (Wildman–Crippen LogP) is 4.24. The standard InChI is InChI=1S/C25H27N7O/c33-25(21-16-28-31-14-2-1-11-27-24(21)31)29-23-15-22(19-9-12-26-13-10-19)30-32(23)20-7-5-18(6-8-20)17-3-4-17/h2,5-8,11,14-17,19,26H,1,3-4,9-10,12-13H2,(H,29,33). The van der Waals surface area contributed by atoms with Crippen molar-refractivity contribution >= 4 is 30.0 Å². The Morgan fingerprint density at radius 3 is 2.67 bits per heavy atom. The molecular weight excluding hydrogens is 414 g/mol. The number of hydrogen-bond donors (Lipinski definition) is 2. The quantitative estimate of drug-likeness (QED) is 0.620. The van der Waals surface area contributed by atoms with Crippen LogP contribution in [-0.2, 0) is 0 Å². The van der Waals surface area contributed by atoms with Crippen LogP contribution in [0.25, 0.3) is 11.9 Å². The van der Waals surface area contributed by atoms with Gasteiger partial charge in [0.15, 0.2) is 5.82 Å². The Bertz CT molecular complexity index is 1220. The zero-order valence-electron chi connectivity index (χ0n) is 18.4. The minimum absolute atomic E-state index is 0.240. The average molecular weight is 442 g/mol. The summed E-state index contributed by atoms with van der Waals surface area (Å²) in [6.07, 6.45) is 12.5. The van der Waals surface area contributed by atoms with Crippen LogP contribution in [0.4, 0.5) is 11.6 Å². The zero-order chi connectivity index (χ0) is 22.2. The number of carbonyl (C=O) groups excluding carboxylic acids is 1. The molecule has 0 spiro atoms. The molecule has 1 aliphatic carbocycles. The second-order valence-electron chi connectivity index (χ2n) is 8.97. The summed E-state index contributed by atoms with van der Waals surface area (Å²) in [6.45, 7) is 1.98. The maximum Gasteiger partial charge on any atom is 0.262 e. The molecule has 8 nitrogen and oxygen atoms in total. The lowest BCUT2D eigenvalue weighted by molar-refractivity contribution is 0.102. The molecule has 4 heterocycles. The van der Waals surface area contributed by atoms with Crippen LogP contribution in [0.2, 0.25) is 0 Å². The first-order valence-electron chi connectivity index (χ1n) is 11.8. The molecule has 2 fully saturated rings. The summed E-state index contributed by atoms with van der Waals surface area (Å²) in [5, 5.41) is 15.7. The Morgan fingerprint density at radius 2 is 1.88 bits per heavy atom. The van der Waals surface area contributed by atoms with Crippen molar-refractivity contribution < 1.29 is 4.79 Å². The van der Waals surface area contributed by atoms with Gasteiger partial charge in [-0.2, -0.15) is 10.2 Å². The van der Waals surface area contributed by atoms with Crippen molar-refractivity contribution in [2.75, 3.05) is 18.4 Å². The molecule has 0 unspecified atom stereocenters. The smallest absolute Gasteiger partial charge is 0.262 e. The van der Waals surface area contributed by atoms with Crippen molar-refractivity contribution in [1.82, 2.24) is 24.9 Å². The van der Waals surface area contributed by atoms with Crippen molar-refractivity contribution in [2.24, 2.45) is 4.99 Å². The molecule has 1 amide bonds. The first kappa shape index (κ1) is 20.1. The molecule has 1 saturated heterocycles. The minimum Gasteiger partial charge on any atom is -0.317 e. The maximum atomic E-state index is 13.3. The van der Waals surface area contributed by atoms with E-state index in [-0.39, 0.29) is 5.91 Å². The number of piperidine rings is 1. The van der Waals surface area contributed by atoms with E-state index in [0.29, 0.717) is 35.5 Å². The molecule has 0 bridgehead atoms. The third-order valence-corrected chi connectivity index (χ3v) is 6.63. The highest BCUT2D eigenvalue weighted by molar-refractivity contribution is 6.07. The van der Waals surface area contributed by atoms with E-state index in [9.17, 15) is 4.79 Å². The Kier molecular flexibility index (Phi) is 5.14. The van der Waals surface area contributed by atoms with E-state index >= 15 is 0 Å². The van der Waals surface area contributed by atoms with Crippen LogP contribution in [0.3, 0.4) is 0 Å². The van der Waals surface area contributed by atoms with Gasteiger partial charge in [-0.05, 0) is 62.4 Å². The van der Waals surface area contributed by atoms with E-state index in [2.05, 4.69) is 45.0 Å². The van der Waals surface area contributed by atoms with Gasteiger partial charge in [0.1, 0.15) is 11.4 Å². The number of aromatic nitrogens is 4. The lowest BCUT2D eigenvalue weighted by Gasteiger charge is -2.20. The molecule has 33 heavy (non-hydrogen) atoms. The van der Waals surface area contributed by atoms with Gasteiger partial charge in [0.05, 0.1) is 17.6 Å². The van der Waals surface area contributed by atoms with Crippen molar-refractivity contribution in [2.45, 2.75) is 43.9 Å². The van der Waals surface area contributed by atoms with Crippen LogP contribution in [-0.4, -0.2) is 44.8 Å². The number of anilines is 1. The first-order chi connectivity index (χ1) is 16.3. The van der Waals surface area contributed by atoms with Gasteiger partial charge < -0.3 is 10.6 Å². The zero-order valence-corrected chi connectivity index (χ0v) is 18.4. The highest BCUT2D eigenvalue weighted by Gasteiger charge is 2.25. The molecule has 1 saturated carbocycles. The summed E-state index contributed by atoms with van der Waals surface area (Å²) in [6, 6.07) is 10.6. The highest BCUT2D eigenvalue weighted by atomic mass is 16.1. The van der Waals surface area contributed by atoms with Crippen LogP contribution in [0, 0.1) is 0 Å². The summed E-state index contributed by atoms with van der Waals surface area (Å²) in [5.41, 5.74) is 3.79. The van der Waals surface area contributed by atoms with E-state index in [1.807, 2.05) is 23.0 Å². The minimum atomic E-state index is -0.240. The van der Waals surface area contributed by atoms with Gasteiger partial charge in [0.2, 0.25) is 0 Å². The molecule has 2 N–H and O–H groups in total. The van der Waals surface area contributed by atoms with Crippen LogP contribution in [0.1, 0.15) is 65.6 Å². The topological polar surface area (TPSA) is 89.1 Å². The molecule has 2 aliphatic heterocycles. The third kappa shape index (κ3) is 4.02. The van der Waals surface area contributed by atoms with Crippen molar-refractivity contribution in [3.8, 4) is 5.69 Å². The van der Waals surface area contributed by atoms with Crippen molar-refractivity contribution in [3.63, 3.8) is 0 Å². The Balaban J connectivity index is 1.33. The maximum absolute atomic E-state index is 13.3. The second kappa shape index (κ2) is 8.44. The second-order valence-corrected chi connectivity index (χ2v) is 8.97. The molecular formula is C25H27N7O. The van der Waals surface area contributed by atoms with Gasteiger partial charge in [-0.15, -0.1) is 0 Å². The summed E-state index contributed by atoms with van der Waals surface area (Å²) in [7, 11) is 0. The number of amides is 1. The monoisotopic (exact) mass is 441 g/mol. The normalized spacial score (nSPS) is 18.2. The van der Waals surface area contributed by atoms with Crippen LogP contribution >= 0.6 is 0 Å². The largest absolute Gasteiger partial charge is 0.317 e. The molecule has 0 radical (unpaired) electrons. The summed E-state index contributed by atoms with van der Waals surface area (Å²) in [5.74, 6) is 2.06. The van der Waals surface area contributed by atoms with Crippen molar-refractivity contribution in [3.05, 3.63) is 59.4 Å². The molecule has 3 aromatic rings. The van der Waals surface area contributed by atoms with Gasteiger partial charge in [-0.25, -0.2) is 14.4 Å². The van der Waals surface area contributed by atoms with Crippen LogP contribution in [0.5, 0.6) is 0 Å². The summed E-state index contributed by atoms with van der Waals surface area (Å²) >= 11 is 0. The average Bonchev–Trinajstić information content (AvgIpc) is 3.57. The molecule has 0 atom stereocenters. The van der Waals surface area contributed by atoms with E-state index in [1.165, 1.54) is 18.4 Å². The molecule has 8 heteroatoms. The number of aliphatic imine (C=N–C) groups is 1. The summed E-state index contributed by atoms with van der Waals surface area (Å²) in [4.78, 5) is 17.7. The van der Waals surface area contributed by atoms with E-state index in [4.69, 9.17) is 5.10 Å². The van der Waals surface area contributed by atoms with Gasteiger partial charge in [0.25, 0.3) is 5.91 Å². The molecule has 3 aliphatic rings. The van der Waals surface area contributed by atoms with Gasteiger partial charge >= 0.3 is 0 Å². The van der Waals surface area contributed by atoms with Crippen LogP contribution in [0.15, 0.2) is 47.6 Å². The number of allylic oxidation sites excluding steroid dienone is 1. The fourth-order valence-corrected chi connectivity index (χ4v) is 4.60. The Morgan fingerprint density at radius 1 is 1.06 bits per heavy atom. The van der Waals surface area contributed by atoms with E-state index < -0.39 is 0 Å². The lowest BCUT2D eigenvalue weighted by Crippen LogP contribution is -2.26. The number of benzene rings is 1. The van der Waals surface area contributed by atoms with Gasteiger partial charge in [-0.3, -0.25) is 4.79 Å². The first-order valence-corrected chi connectivity index (χ1v) is 11.8. The fraction of sp³-hybridized carbons (Fsp3) is 0.360. The molecule has 6 rings (SSSR count). The number of rotatable bonds is 5. The Hall–Kier alpha value is -3.52. The van der Waals surface area contributed by atoms with Crippen molar-refractivity contribution in [1.29, 1.82) is 0 Å². The lowest BCUT2D eigenvalue weighted by atomic mass is 9.95. The number of hydrogen-bond acceptors (Lipinski definition) is 5. The number of fused-ring (bicyclic) bond motifs is 1. The Labute approximate surface area is 192 Å². The number of nitrogens with one attached hydrogen (secondary N) is 2. The third-order valence-electron chi connectivity index (χ3n) is 6.63. The molecule has 1 aromatic carbocycles. The fourth-order valence-electron chi connectivity index (χ4n) is 4.60. The highest BCUT2D eigenvalue weighted by Crippen LogP contribution is 2.40. The summed E-state index contributed by atoms with van der Waals surface area (Å²) < 4.78 is 3.49. The van der Waals surface area contributed by atoms with Gasteiger partial charge in [-0.1, -0.05) is 18.2 Å². The van der Waals surface area contributed by atoms with Crippen LogP contribution < -0.4 is 10.6 Å². The van der Waals surface area contributed by atoms with E-state index in [1.54, 1.807) is 17.1 Å².